The van der Waals surface area contributed by atoms with Crippen LogP contribution in [0.15, 0.2) is 71.6 Å². The molecule has 1 heterocycles. The molecule has 3 aromatic rings. The van der Waals surface area contributed by atoms with E-state index in [4.69, 9.17) is 0 Å². The zero-order valence-electron chi connectivity index (χ0n) is 16.8. The van der Waals surface area contributed by atoms with Crippen molar-refractivity contribution in [3.05, 3.63) is 82.1 Å². The van der Waals surface area contributed by atoms with Gasteiger partial charge in [-0.1, -0.05) is 55.0 Å². The maximum Gasteiger partial charge on any atom is 0.133 e. The van der Waals surface area contributed by atoms with Crippen LogP contribution in [0.1, 0.15) is 44.1 Å². The van der Waals surface area contributed by atoms with E-state index >= 15 is 0 Å². The lowest BCUT2D eigenvalue weighted by Crippen LogP contribution is -2.73. The van der Waals surface area contributed by atoms with Crippen LogP contribution in [0, 0.1) is 0 Å². The van der Waals surface area contributed by atoms with Crippen molar-refractivity contribution in [1.82, 2.24) is 0 Å². The first-order valence-corrected chi connectivity index (χ1v) is 10.6. The van der Waals surface area contributed by atoms with Crippen LogP contribution in [0.2, 0.25) is 0 Å². The predicted molar refractivity (Wildman–Crippen MR) is 121 cm³/mol. The van der Waals surface area contributed by atoms with Gasteiger partial charge in [-0.25, -0.2) is 0 Å². The van der Waals surface area contributed by atoms with E-state index in [0.717, 1.165) is 12.8 Å². The predicted octanol–water partition coefficient (Wildman–Crippen LogP) is 6.44. The van der Waals surface area contributed by atoms with E-state index < -0.39 is 0 Å². The molecule has 0 radical (unpaired) electrons. The summed E-state index contributed by atoms with van der Waals surface area (Å²) in [6, 6.07) is 17.6. The van der Waals surface area contributed by atoms with Gasteiger partial charge in [0.1, 0.15) is 5.69 Å². The molecular weight excluding hydrogens is 346 g/mol. The molecule has 2 heteroatoms. The second-order valence-corrected chi connectivity index (χ2v) is 8.69. The van der Waals surface area contributed by atoms with Crippen LogP contribution in [0.25, 0.3) is 16.8 Å². The quantitative estimate of drug-likeness (QED) is 0.361. The molecule has 1 atom stereocenters. The van der Waals surface area contributed by atoms with Crippen LogP contribution >= 0.6 is 11.3 Å². The van der Waals surface area contributed by atoms with Gasteiger partial charge in [-0.2, -0.15) is 0 Å². The van der Waals surface area contributed by atoms with Gasteiger partial charge >= 0.3 is 0 Å². The summed E-state index contributed by atoms with van der Waals surface area (Å²) in [6.45, 7) is 6.80. The molecule has 0 fully saturated rings. The Balaban J connectivity index is 2.09. The molecule has 0 saturated heterocycles. The zero-order chi connectivity index (χ0) is 19.3. The van der Waals surface area contributed by atoms with Gasteiger partial charge < -0.3 is 5.32 Å². The highest BCUT2D eigenvalue weighted by Gasteiger charge is 2.30. The topological polar surface area (TPSA) is 16.6 Å². The first-order valence-electron chi connectivity index (χ1n) is 9.68. The lowest BCUT2D eigenvalue weighted by atomic mass is 9.73. The molecule has 0 aliphatic heterocycles. The van der Waals surface area contributed by atoms with Gasteiger partial charge in [0, 0.05) is 15.9 Å². The van der Waals surface area contributed by atoms with E-state index in [9.17, 15) is 0 Å². The molecule has 2 N–H and O–H groups in total. The number of hydrogen-bond donors (Lipinski definition) is 1. The minimum atomic E-state index is 0.0493. The summed E-state index contributed by atoms with van der Waals surface area (Å²) in [5.74, 6) is 0. The Morgan fingerprint density at radius 2 is 1.85 bits per heavy atom. The van der Waals surface area contributed by atoms with Gasteiger partial charge in [0.05, 0.1) is 7.05 Å². The maximum atomic E-state index is 2.42. The van der Waals surface area contributed by atoms with E-state index in [0.29, 0.717) is 0 Å². The molecule has 0 saturated carbocycles. The van der Waals surface area contributed by atoms with Crippen molar-refractivity contribution in [3.8, 4) is 0 Å². The Morgan fingerprint density at radius 1 is 1.04 bits per heavy atom. The summed E-state index contributed by atoms with van der Waals surface area (Å²) in [7, 11) is 2.15. The van der Waals surface area contributed by atoms with Gasteiger partial charge in [-0.3, -0.25) is 0 Å². The molecule has 1 nitrogen and oxygen atoms in total. The lowest BCUT2D eigenvalue weighted by molar-refractivity contribution is -0.540. The number of thiophene rings is 1. The fourth-order valence-electron chi connectivity index (χ4n) is 3.74. The number of allylic oxidation sites excluding steroid dienone is 3. The Hall–Kier alpha value is -2.16. The highest BCUT2D eigenvalue weighted by Crippen LogP contribution is 2.40. The van der Waals surface area contributed by atoms with Gasteiger partial charge in [0.25, 0.3) is 0 Å². The molecule has 0 spiro atoms. The third kappa shape index (κ3) is 4.58. The Labute approximate surface area is 167 Å². The highest BCUT2D eigenvalue weighted by atomic mass is 32.1. The molecule has 0 aliphatic rings. The summed E-state index contributed by atoms with van der Waals surface area (Å²) in [6.07, 6.45) is 9.07. The molecule has 1 unspecified atom stereocenters. The standard InChI is InChI=1S/C25H29NS/c1-19(2)15-17-25(3,16-7-10-21-11-8-18-27-21)24-22-12-6-5-9-20(22)13-14-23(24)26-4/h5-15,18,26H,16-17H2,1-4H3/p+1/b10-7+. The van der Waals surface area contributed by atoms with Crippen LogP contribution in [0.5, 0.6) is 0 Å². The summed E-state index contributed by atoms with van der Waals surface area (Å²) in [4.78, 5) is 1.32. The number of hydrogen-bond acceptors (Lipinski definition) is 1. The summed E-state index contributed by atoms with van der Waals surface area (Å²) >= 11 is 1.79. The highest BCUT2D eigenvalue weighted by molar-refractivity contribution is 7.10. The van der Waals surface area contributed by atoms with Crippen molar-refractivity contribution >= 4 is 33.9 Å². The van der Waals surface area contributed by atoms with E-state index in [1.54, 1.807) is 11.3 Å². The first-order chi connectivity index (χ1) is 13.0. The van der Waals surface area contributed by atoms with Crippen LogP contribution in [-0.2, 0) is 5.41 Å². The van der Waals surface area contributed by atoms with Crippen LogP contribution in [-0.4, -0.2) is 7.05 Å². The molecule has 140 valence electrons. The third-order valence-electron chi connectivity index (χ3n) is 5.23. The number of quaternary nitrogens is 1. The van der Waals surface area contributed by atoms with E-state index in [1.807, 2.05) is 0 Å². The average molecular weight is 377 g/mol. The molecular formula is C25H30NS+. The molecule has 3 rings (SSSR count). The van der Waals surface area contributed by atoms with E-state index in [2.05, 4.69) is 105 Å². The minimum absolute atomic E-state index is 0.0493. The SMILES string of the molecule is C[NH2+]c1ccc2ccccc2c1C(C)(CC=C(C)C)C/C=C/c1cccs1. The van der Waals surface area contributed by atoms with Crippen molar-refractivity contribution in [2.75, 3.05) is 7.05 Å². The Kier molecular flexibility index (Phi) is 6.30. The molecule has 1 aromatic heterocycles. The van der Waals surface area contributed by atoms with Crippen LogP contribution in [0.3, 0.4) is 0 Å². The zero-order valence-corrected chi connectivity index (χ0v) is 17.6. The summed E-state index contributed by atoms with van der Waals surface area (Å²) < 4.78 is 0. The molecule has 0 aliphatic carbocycles. The van der Waals surface area contributed by atoms with Crippen molar-refractivity contribution in [2.24, 2.45) is 0 Å². The van der Waals surface area contributed by atoms with Crippen LogP contribution in [0.4, 0.5) is 5.69 Å². The maximum absolute atomic E-state index is 2.42. The smallest absolute Gasteiger partial charge is 0.133 e. The summed E-state index contributed by atoms with van der Waals surface area (Å²) in [5.41, 5.74) is 4.25. The van der Waals surface area contributed by atoms with Gasteiger partial charge in [0.15, 0.2) is 0 Å². The van der Waals surface area contributed by atoms with Crippen molar-refractivity contribution in [3.63, 3.8) is 0 Å². The molecule has 0 amide bonds. The fourth-order valence-corrected chi connectivity index (χ4v) is 4.39. The number of nitrogens with two attached hydrogens (primary N) is 1. The largest absolute Gasteiger partial charge is 0.316 e. The van der Waals surface area contributed by atoms with Crippen molar-refractivity contribution in [1.29, 1.82) is 0 Å². The van der Waals surface area contributed by atoms with Crippen LogP contribution < -0.4 is 5.32 Å². The minimum Gasteiger partial charge on any atom is -0.316 e. The second kappa shape index (κ2) is 8.69. The van der Waals surface area contributed by atoms with E-state index in [1.165, 1.54) is 32.5 Å². The second-order valence-electron chi connectivity index (χ2n) is 7.71. The average Bonchev–Trinajstić information content (AvgIpc) is 3.19. The number of fused-ring (bicyclic) bond motifs is 1. The van der Waals surface area contributed by atoms with E-state index in [-0.39, 0.29) is 5.41 Å². The Bertz CT molecular complexity index is 946. The molecule has 0 bridgehead atoms. The summed E-state index contributed by atoms with van der Waals surface area (Å²) in [5, 5.41) is 7.09. The van der Waals surface area contributed by atoms with Gasteiger partial charge in [-0.05, 0) is 67.1 Å². The third-order valence-corrected chi connectivity index (χ3v) is 6.07. The normalized spacial score (nSPS) is 13.8. The fraction of sp³-hybridized carbons (Fsp3) is 0.280. The van der Waals surface area contributed by atoms with Crippen molar-refractivity contribution < 1.29 is 5.32 Å². The molecule has 27 heavy (non-hydrogen) atoms. The lowest BCUT2D eigenvalue weighted by Gasteiger charge is -2.30. The van der Waals surface area contributed by atoms with Gasteiger partial charge in [0.2, 0.25) is 0 Å². The first kappa shape index (κ1) is 19.6. The Morgan fingerprint density at radius 3 is 2.56 bits per heavy atom. The van der Waals surface area contributed by atoms with Gasteiger partial charge in [-0.15, -0.1) is 11.3 Å². The molecule has 2 aromatic carbocycles. The monoisotopic (exact) mass is 376 g/mol. The number of rotatable bonds is 7. The number of benzene rings is 2. The van der Waals surface area contributed by atoms with Crippen molar-refractivity contribution in [2.45, 2.75) is 39.0 Å².